The third-order valence-corrected chi connectivity index (χ3v) is 7.02. The van der Waals surface area contributed by atoms with Gasteiger partial charge in [-0.05, 0) is 43.5 Å². The van der Waals surface area contributed by atoms with E-state index in [0.29, 0.717) is 12.0 Å². The van der Waals surface area contributed by atoms with Crippen LogP contribution in [-0.2, 0) is 20.9 Å². The second-order valence-electron chi connectivity index (χ2n) is 9.42. The molecular formula is C26H35N3O4. The summed E-state index contributed by atoms with van der Waals surface area (Å²) in [6.45, 7) is 9.53. The van der Waals surface area contributed by atoms with Gasteiger partial charge in [-0.2, -0.15) is 0 Å². The maximum absolute atomic E-state index is 13.3. The Balaban J connectivity index is 1.38. The Morgan fingerprint density at radius 1 is 1.09 bits per heavy atom. The van der Waals surface area contributed by atoms with E-state index in [9.17, 15) is 9.59 Å². The van der Waals surface area contributed by atoms with Gasteiger partial charge in [-0.3, -0.25) is 14.6 Å². The number of amides is 1. The maximum atomic E-state index is 13.3. The molecule has 0 aromatic heterocycles. The average molecular weight is 454 g/mol. The number of nitrogens with zero attached hydrogens (tertiary/aromatic N) is 3. The molecule has 1 fully saturated rings. The van der Waals surface area contributed by atoms with E-state index in [1.807, 2.05) is 26.0 Å². The summed E-state index contributed by atoms with van der Waals surface area (Å²) in [5.41, 5.74) is 3.02. The Kier molecular flexibility index (Phi) is 7.20. The molecule has 2 atom stereocenters. The van der Waals surface area contributed by atoms with Gasteiger partial charge in [0.25, 0.3) is 0 Å². The van der Waals surface area contributed by atoms with Gasteiger partial charge in [-0.25, -0.2) is 4.79 Å². The van der Waals surface area contributed by atoms with E-state index in [2.05, 4.69) is 28.0 Å². The van der Waals surface area contributed by atoms with Crippen molar-refractivity contribution in [3.63, 3.8) is 0 Å². The first kappa shape index (κ1) is 23.5. The van der Waals surface area contributed by atoms with E-state index in [-0.39, 0.29) is 29.8 Å². The molecule has 0 saturated carbocycles. The average Bonchev–Trinajstić information content (AvgIpc) is 3.24. The Morgan fingerprint density at radius 3 is 2.42 bits per heavy atom. The van der Waals surface area contributed by atoms with Gasteiger partial charge in [-0.1, -0.05) is 18.2 Å². The van der Waals surface area contributed by atoms with Crippen LogP contribution in [0.2, 0.25) is 0 Å². The van der Waals surface area contributed by atoms with Gasteiger partial charge in [0.05, 0.1) is 25.7 Å². The number of esters is 1. The third-order valence-electron chi connectivity index (χ3n) is 7.02. The fraction of sp³-hybridized carbons (Fsp3) is 0.538. The van der Waals surface area contributed by atoms with Gasteiger partial charge < -0.3 is 14.4 Å². The Labute approximate surface area is 196 Å². The number of piperazine rings is 1. The Bertz CT molecular complexity index is 947. The predicted octanol–water partition coefficient (Wildman–Crippen LogP) is 2.68. The highest BCUT2D eigenvalue weighted by molar-refractivity contribution is 5.95. The van der Waals surface area contributed by atoms with Crippen LogP contribution in [0.3, 0.4) is 0 Å². The molecule has 7 heteroatoms. The molecule has 2 heterocycles. The smallest absolute Gasteiger partial charge is 0.335 e. The van der Waals surface area contributed by atoms with Gasteiger partial charge in [0.15, 0.2) is 0 Å². The highest BCUT2D eigenvalue weighted by Crippen LogP contribution is 2.42. The van der Waals surface area contributed by atoms with Crippen molar-refractivity contribution < 1.29 is 19.1 Å². The molecule has 0 bridgehead atoms. The number of fused-ring (bicyclic) bond motifs is 1. The van der Waals surface area contributed by atoms with E-state index >= 15 is 0 Å². The summed E-state index contributed by atoms with van der Waals surface area (Å²) in [5.74, 6) is 0.291. The van der Waals surface area contributed by atoms with Crippen molar-refractivity contribution in [2.45, 2.75) is 32.9 Å². The first-order chi connectivity index (χ1) is 15.9. The van der Waals surface area contributed by atoms with E-state index in [4.69, 9.17) is 9.47 Å². The molecule has 1 saturated heterocycles. The van der Waals surface area contributed by atoms with Crippen LogP contribution in [0.15, 0.2) is 47.7 Å². The summed E-state index contributed by atoms with van der Waals surface area (Å²) in [6, 6.07) is 8.24. The van der Waals surface area contributed by atoms with E-state index in [1.165, 1.54) is 12.7 Å². The standard InChI is InChI=1S/C26H35N3O4/c1-18(2)29-17-23(26(31)33-4)22-9-8-20(24(22)25(29)30)16-28-12-10-27(11-13-28)15-19-6-5-7-21(14-19)32-3/h5-8,14,17-18,22,24H,9-13,15-16H2,1-4H3/t22-,24-/m1/s1. The van der Waals surface area contributed by atoms with Crippen molar-refractivity contribution in [1.29, 1.82) is 0 Å². The zero-order valence-corrected chi connectivity index (χ0v) is 20.1. The van der Waals surface area contributed by atoms with Crippen LogP contribution in [0.25, 0.3) is 0 Å². The summed E-state index contributed by atoms with van der Waals surface area (Å²) in [7, 11) is 3.10. The molecule has 1 aliphatic carbocycles. The van der Waals surface area contributed by atoms with Crippen LogP contribution in [0.4, 0.5) is 0 Å². The lowest BCUT2D eigenvalue weighted by Gasteiger charge is -2.38. The summed E-state index contributed by atoms with van der Waals surface area (Å²) < 4.78 is 10.4. The molecule has 0 unspecified atom stereocenters. The molecule has 4 rings (SSSR count). The largest absolute Gasteiger partial charge is 0.497 e. The summed E-state index contributed by atoms with van der Waals surface area (Å²) in [6.07, 6.45) is 4.61. The SMILES string of the molecule is COC(=O)C1=CN(C(C)C)C(=O)[C@@H]2C(CN3CCN(Cc4cccc(OC)c4)CC3)=CC[C@H]12. The number of hydrogen-bond donors (Lipinski definition) is 0. The first-order valence-corrected chi connectivity index (χ1v) is 11.8. The van der Waals surface area contributed by atoms with E-state index < -0.39 is 0 Å². The maximum Gasteiger partial charge on any atom is 0.335 e. The minimum absolute atomic E-state index is 0.000104. The van der Waals surface area contributed by atoms with Gasteiger partial charge in [0, 0.05) is 57.4 Å². The van der Waals surface area contributed by atoms with Crippen molar-refractivity contribution in [3.05, 3.63) is 53.3 Å². The number of rotatable bonds is 7. The molecule has 3 aliphatic rings. The summed E-state index contributed by atoms with van der Waals surface area (Å²) in [4.78, 5) is 32.3. The molecule has 1 aromatic carbocycles. The topological polar surface area (TPSA) is 62.3 Å². The molecule has 7 nitrogen and oxygen atoms in total. The lowest BCUT2D eigenvalue weighted by molar-refractivity contribution is -0.139. The molecule has 178 valence electrons. The van der Waals surface area contributed by atoms with Gasteiger partial charge in [-0.15, -0.1) is 0 Å². The molecular weight excluding hydrogens is 418 g/mol. The number of methoxy groups -OCH3 is 2. The highest BCUT2D eigenvalue weighted by Gasteiger charge is 2.45. The normalized spacial score (nSPS) is 23.9. The third kappa shape index (κ3) is 4.99. The monoisotopic (exact) mass is 453 g/mol. The fourth-order valence-electron chi connectivity index (χ4n) is 5.19. The summed E-state index contributed by atoms with van der Waals surface area (Å²) >= 11 is 0. The number of hydrogen-bond acceptors (Lipinski definition) is 6. The van der Waals surface area contributed by atoms with Crippen LogP contribution in [0.1, 0.15) is 25.8 Å². The molecule has 0 N–H and O–H groups in total. The Hall–Kier alpha value is -2.64. The molecule has 1 amide bonds. The zero-order chi connectivity index (χ0) is 23.5. The zero-order valence-electron chi connectivity index (χ0n) is 20.1. The molecule has 2 aliphatic heterocycles. The predicted molar refractivity (Wildman–Crippen MR) is 126 cm³/mol. The van der Waals surface area contributed by atoms with Gasteiger partial charge in [0.1, 0.15) is 5.75 Å². The number of ether oxygens (including phenoxy) is 2. The number of carbonyl (C=O) groups excluding carboxylic acids is 2. The van der Waals surface area contributed by atoms with Crippen molar-refractivity contribution in [3.8, 4) is 5.75 Å². The van der Waals surface area contributed by atoms with Crippen molar-refractivity contribution in [1.82, 2.24) is 14.7 Å². The number of allylic oxidation sites excluding steroid dienone is 1. The number of benzene rings is 1. The van der Waals surface area contributed by atoms with Crippen LogP contribution in [0, 0.1) is 11.8 Å². The quantitative estimate of drug-likeness (QED) is 0.467. The molecule has 33 heavy (non-hydrogen) atoms. The van der Waals surface area contributed by atoms with E-state index in [0.717, 1.165) is 50.6 Å². The molecule has 0 spiro atoms. The van der Waals surface area contributed by atoms with Crippen LogP contribution < -0.4 is 4.74 Å². The first-order valence-electron chi connectivity index (χ1n) is 11.8. The van der Waals surface area contributed by atoms with E-state index in [1.54, 1.807) is 18.2 Å². The highest BCUT2D eigenvalue weighted by atomic mass is 16.5. The molecule has 1 aromatic rings. The van der Waals surface area contributed by atoms with Gasteiger partial charge in [0.2, 0.25) is 5.91 Å². The summed E-state index contributed by atoms with van der Waals surface area (Å²) in [5, 5.41) is 0. The van der Waals surface area contributed by atoms with Crippen molar-refractivity contribution in [2.24, 2.45) is 11.8 Å². The van der Waals surface area contributed by atoms with Crippen molar-refractivity contribution >= 4 is 11.9 Å². The Morgan fingerprint density at radius 2 is 1.79 bits per heavy atom. The lowest BCUT2D eigenvalue weighted by Crippen LogP contribution is -2.49. The minimum atomic E-state index is -0.330. The van der Waals surface area contributed by atoms with Crippen molar-refractivity contribution in [2.75, 3.05) is 46.9 Å². The minimum Gasteiger partial charge on any atom is -0.497 e. The second kappa shape index (κ2) is 10.1. The van der Waals surface area contributed by atoms with Crippen LogP contribution in [0.5, 0.6) is 5.75 Å². The van der Waals surface area contributed by atoms with Crippen LogP contribution >= 0.6 is 0 Å². The second-order valence-corrected chi connectivity index (χ2v) is 9.42. The number of carbonyl (C=O) groups is 2. The van der Waals surface area contributed by atoms with Gasteiger partial charge >= 0.3 is 5.97 Å². The van der Waals surface area contributed by atoms with Crippen LogP contribution in [-0.4, -0.2) is 79.6 Å². The fourth-order valence-corrected chi connectivity index (χ4v) is 5.19. The lowest BCUT2D eigenvalue weighted by atomic mass is 9.81. The molecule has 0 radical (unpaired) electrons.